The molecule has 0 saturated carbocycles. The van der Waals surface area contributed by atoms with Crippen LogP contribution in [0.15, 0.2) is 30.3 Å². The summed E-state index contributed by atoms with van der Waals surface area (Å²) in [4.78, 5) is 25.3. The summed E-state index contributed by atoms with van der Waals surface area (Å²) in [5.41, 5.74) is 0.982. The summed E-state index contributed by atoms with van der Waals surface area (Å²) in [6.45, 7) is 6.00. The average Bonchev–Trinajstić information content (AvgIpc) is 3.00. The van der Waals surface area contributed by atoms with E-state index >= 15 is 0 Å². The van der Waals surface area contributed by atoms with Gasteiger partial charge >= 0.3 is 6.09 Å². The van der Waals surface area contributed by atoms with Crippen molar-refractivity contribution >= 4 is 12.0 Å². The molecular weight excluding hydrogens is 280 g/mol. The van der Waals surface area contributed by atoms with Crippen LogP contribution in [0.5, 0.6) is 0 Å². The van der Waals surface area contributed by atoms with Gasteiger partial charge in [0, 0.05) is 25.6 Å². The zero-order chi connectivity index (χ0) is 15.9. The number of benzene rings is 1. The van der Waals surface area contributed by atoms with Gasteiger partial charge < -0.3 is 15.0 Å². The third kappa shape index (κ3) is 4.76. The van der Waals surface area contributed by atoms with E-state index in [1.807, 2.05) is 44.2 Å². The largest absolute Gasteiger partial charge is 0.445 e. The minimum atomic E-state index is -0.276. The van der Waals surface area contributed by atoms with Crippen molar-refractivity contribution in [3.63, 3.8) is 0 Å². The van der Waals surface area contributed by atoms with Gasteiger partial charge in [0.2, 0.25) is 5.91 Å². The number of carbonyl (C=O) groups excluding carboxylic acids is 2. The van der Waals surface area contributed by atoms with Crippen LogP contribution in [0.3, 0.4) is 0 Å². The van der Waals surface area contributed by atoms with E-state index in [4.69, 9.17) is 4.74 Å². The second-order valence-corrected chi connectivity index (χ2v) is 6.04. The number of carbonyl (C=O) groups is 2. The van der Waals surface area contributed by atoms with Crippen molar-refractivity contribution < 1.29 is 14.3 Å². The Bertz CT molecular complexity index is 502. The molecule has 1 aliphatic rings. The van der Waals surface area contributed by atoms with Crippen molar-refractivity contribution in [2.24, 2.45) is 11.8 Å². The molecule has 1 aliphatic heterocycles. The molecule has 22 heavy (non-hydrogen) atoms. The highest BCUT2D eigenvalue weighted by molar-refractivity contribution is 5.77. The van der Waals surface area contributed by atoms with E-state index in [-0.39, 0.29) is 17.9 Å². The van der Waals surface area contributed by atoms with Crippen molar-refractivity contribution in [1.29, 1.82) is 0 Å². The van der Waals surface area contributed by atoms with Gasteiger partial charge in [0.25, 0.3) is 0 Å². The molecule has 0 aromatic heterocycles. The van der Waals surface area contributed by atoms with E-state index in [9.17, 15) is 9.59 Å². The lowest BCUT2D eigenvalue weighted by atomic mass is 10.1. The molecule has 1 saturated heterocycles. The highest BCUT2D eigenvalue weighted by Crippen LogP contribution is 2.17. The van der Waals surface area contributed by atoms with Crippen molar-refractivity contribution in [3.05, 3.63) is 35.9 Å². The Morgan fingerprint density at radius 1 is 1.32 bits per heavy atom. The van der Waals surface area contributed by atoms with Crippen molar-refractivity contribution in [1.82, 2.24) is 10.2 Å². The Morgan fingerprint density at radius 3 is 2.73 bits per heavy atom. The summed E-state index contributed by atoms with van der Waals surface area (Å²) in [6, 6.07) is 9.64. The highest BCUT2D eigenvalue weighted by atomic mass is 16.6. The molecule has 0 aliphatic carbocycles. The first-order valence-corrected chi connectivity index (χ1v) is 7.79. The molecule has 5 nitrogen and oxygen atoms in total. The average molecular weight is 304 g/mol. The molecule has 1 fully saturated rings. The summed E-state index contributed by atoms with van der Waals surface area (Å²) >= 11 is 0. The first-order chi connectivity index (χ1) is 10.6. The lowest BCUT2D eigenvalue weighted by molar-refractivity contribution is -0.124. The quantitative estimate of drug-likeness (QED) is 0.909. The van der Waals surface area contributed by atoms with Gasteiger partial charge in [-0.1, -0.05) is 44.2 Å². The molecule has 0 unspecified atom stereocenters. The Labute approximate surface area is 131 Å². The SMILES string of the molecule is CC(C)C(=O)NC[C@H]1CCN(C(=O)OCc2ccccc2)C1. The van der Waals surface area contributed by atoms with E-state index in [2.05, 4.69) is 5.32 Å². The highest BCUT2D eigenvalue weighted by Gasteiger charge is 2.27. The minimum Gasteiger partial charge on any atom is -0.445 e. The molecule has 0 radical (unpaired) electrons. The number of rotatable bonds is 5. The number of nitrogens with one attached hydrogen (secondary N) is 1. The molecule has 1 heterocycles. The third-order valence-electron chi connectivity index (χ3n) is 3.84. The first kappa shape index (κ1) is 16.3. The fraction of sp³-hybridized carbons (Fsp3) is 0.529. The maximum absolute atomic E-state index is 12.0. The van der Waals surface area contributed by atoms with Crippen LogP contribution in [-0.2, 0) is 16.1 Å². The van der Waals surface area contributed by atoms with Crippen molar-refractivity contribution in [3.8, 4) is 0 Å². The Hall–Kier alpha value is -2.04. The Morgan fingerprint density at radius 2 is 2.05 bits per heavy atom. The van der Waals surface area contributed by atoms with Crippen LogP contribution in [-0.4, -0.2) is 36.5 Å². The summed E-state index contributed by atoms with van der Waals surface area (Å²) < 4.78 is 5.32. The van der Waals surface area contributed by atoms with Crippen LogP contribution in [0.4, 0.5) is 4.79 Å². The number of hydrogen-bond acceptors (Lipinski definition) is 3. The summed E-state index contributed by atoms with van der Waals surface area (Å²) in [5, 5.41) is 2.92. The van der Waals surface area contributed by atoms with Crippen LogP contribution < -0.4 is 5.32 Å². The van der Waals surface area contributed by atoms with Gasteiger partial charge in [0.1, 0.15) is 6.61 Å². The molecule has 1 aromatic carbocycles. The van der Waals surface area contributed by atoms with E-state index in [1.54, 1.807) is 4.90 Å². The molecule has 1 aromatic rings. The summed E-state index contributed by atoms with van der Waals surface area (Å²) in [5.74, 6) is 0.366. The van der Waals surface area contributed by atoms with Crippen molar-refractivity contribution in [2.45, 2.75) is 26.9 Å². The fourth-order valence-electron chi connectivity index (χ4n) is 2.42. The predicted octanol–water partition coefficient (Wildman–Crippen LogP) is 2.42. The molecule has 1 atom stereocenters. The molecular formula is C17H24N2O3. The third-order valence-corrected chi connectivity index (χ3v) is 3.84. The van der Waals surface area contributed by atoms with Crippen molar-refractivity contribution in [2.75, 3.05) is 19.6 Å². The van der Waals surface area contributed by atoms with Crippen LogP contribution >= 0.6 is 0 Å². The smallest absolute Gasteiger partial charge is 0.410 e. The van der Waals surface area contributed by atoms with Crippen LogP contribution in [0, 0.1) is 11.8 Å². The predicted molar refractivity (Wildman–Crippen MR) is 84.2 cm³/mol. The van der Waals surface area contributed by atoms with Gasteiger partial charge in [0.05, 0.1) is 0 Å². The van der Waals surface area contributed by atoms with Gasteiger partial charge in [-0.15, -0.1) is 0 Å². The first-order valence-electron chi connectivity index (χ1n) is 7.79. The van der Waals surface area contributed by atoms with Gasteiger partial charge in [-0.3, -0.25) is 4.79 Å². The fourth-order valence-corrected chi connectivity index (χ4v) is 2.42. The molecule has 1 N–H and O–H groups in total. The maximum Gasteiger partial charge on any atom is 0.410 e. The van der Waals surface area contributed by atoms with Crippen LogP contribution in [0.25, 0.3) is 0 Å². The second-order valence-electron chi connectivity index (χ2n) is 6.04. The molecule has 120 valence electrons. The van der Waals surface area contributed by atoms with Gasteiger partial charge in [-0.25, -0.2) is 4.79 Å². The monoisotopic (exact) mass is 304 g/mol. The lowest BCUT2D eigenvalue weighted by Crippen LogP contribution is -2.34. The van der Waals surface area contributed by atoms with Crippen LogP contribution in [0.1, 0.15) is 25.8 Å². The summed E-state index contributed by atoms with van der Waals surface area (Å²) in [7, 11) is 0. The van der Waals surface area contributed by atoms with E-state index < -0.39 is 0 Å². The number of amides is 2. The summed E-state index contributed by atoms with van der Waals surface area (Å²) in [6.07, 6.45) is 0.625. The Kier molecular flexibility index (Phi) is 5.81. The zero-order valence-electron chi connectivity index (χ0n) is 13.2. The molecule has 0 bridgehead atoms. The molecule has 5 heteroatoms. The second kappa shape index (κ2) is 7.82. The zero-order valence-corrected chi connectivity index (χ0v) is 13.2. The molecule has 2 amide bonds. The van der Waals surface area contributed by atoms with Gasteiger partial charge in [-0.2, -0.15) is 0 Å². The van der Waals surface area contributed by atoms with E-state index in [1.165, 1.54) is 0 Å². The van der Waals surface area contributed by atoms with Gasteiger partial charge in [-0.05, 0) is 17.9 Å². The number of hydrogen-bond donors (Lipinski definition) is 1. The van der Waals surface area contributed by atoms with E-state index in [0.717, 1.165) is 12.0 Å². The molecule has 2 rings (SSSR count). The van der Waals surface area contributed by atoms with Crippen LogP contribution in [0.2, 0.25) is 0 Å². The maximum atomic E-state index is 12.0. The number of ether oxygens (including phenoxy) is 1. The number of likely N-dealkylation sites (tertiary alicyclic amines) is 1. The normalized spacial score (nSPS) is 17.6. The minimum absolute atomic E-state index is 0.00616. The number of nitrogens with zero attached hydrogens (tertiary/aromatic N) is 1. The van der Waals surface area contributed by atoms with E-state index in [0.29, 0.717) is 32.2 Å². The Balaban J connectivity index is 1.71. The molecule has 0 spiro atoms. The topological polar surface area (TPSA) is 58.6 Å². The standard InChI is InChI=1S/C17H24N2O3/c1-13(2)16(20)18-10-15-8-9-19(11-15)17(21)22-12-14-6-4-3-5-7-14/h3-7,13,15H,8-12H2,1-2H3,(H,18,20)/t15-/m1/s1. The lowest BCUT2D eigenvalue weighted by Gasteiger charge is -2.17. The van der Waals surface area contributed by atoms with Gasteiger partial charge in [0.15, 0.2) is 0 Å².